The summed E-state index contributed by atoms with van der Waals surface area (Å²) in [7, 11) is 1.61. The second kappa shape index (κ2) is 9.05. The summed E-state index contributed by atoms with van der Waals surface area (Å²) in [4.78, 5) is 39.3. The Bertz CT molecular complexity index is 1060. The van der Waals surface area contributed by atoms with Gasteiger partial charge < -0.3 is 19.9 Å². The van der Waals surface area contributed by atoms with Crippen molar-refractivity contribution in [3.05, 3.63) is 56.7 Å². The van der Waals surface area contributed by atoms with Gasteiger partial charge in [0.25, 0.3) is 17.0 Å². The molecule has 166 valence electrons. The van der Waals surface area contributed by atoms with Gasteiger partial charge in [0.15, 0.2) is 0 Å². The molecule has 1 aliphatic carbocycles. The highest BCUT2D eigenvalue weighted by molar-refractivity contribution is 5.93. The molecule has 0 radical (unpaired) electrons. The lowest BCUT2D eigenvalue weighted by Gasteiger charge is -2.37. The normalized spacial score (nSPS) is 23.7. The summed E-state index contributed by atoms with van der Waals surface area (Å²) in [5.74, 6) is 0.284. The Balaban J connectivity index is 1.51. The summed E-state index contributed by atoms with van der Waals surface area (Å²) in [5.41, 5.74) is -0.421. The summed E-state index contributed by atoms with van der Waals surface area (Å²) < 4.78 is 2.80. The van der Waals surface area contributed by atoms with E-state index in [-0.39, 0.29) is 28.8 Å². The first-order valence-corrected chi connectivity index (χ1v) is 10.9. The van der Waals surface area contributed by atoms with Crippen LogP contribution < -0.4 is 21.3 Å². The summed E-state index contributed by atoms with van der Waals surface area (Å²) >= 11 is 0. The number of nitrogens with one attached hydrogen (secondary N) is 1. The molecular formula is C22H29N5O4. The van der Waals surface area contributed by atoms with Gasteiger partial charge in [-0.05, 0) is 56.7 Å². The topological polar surface area (TPSA) is 109 Å². The van der Waals surface area contributed by atoms with E-state index in [0.29, 0.717) is 18.8 Å². The first-order valence-electron chi connectivity index (χ1n) is 10.9. The molecule has 0 spiro atoms. The number of piperidine rings is 1. The van der Waals surface area contributed by atoms with Crippen molar-refractivity contribution in [1.82, 2.24) is 19.7 Å². The van der Waals surface area contributed by atoms with Gasteiger partial charge in [-0.3, -0.25) is 14.4 Å². The van der Waals surface area contributed by atoms with E-state index in [4.69, 9.17) is 0 Å². The number of aryl methyl sites for hydroxylation is 1. The number of aliphatic hydroxyl groups excluding tert-OH is 1. The number of hydrogen-bond donors (Lipinski definition) is 2. The Morgan fingerprint density at radius 2 is 2.00 bits per heavy atom. The van der Waals surface area contributed by atoms with Crippen LogP contribution in [0.5, 0.6) is 0 Å². The number of rotatable bonds is 5. The summed E-state index contributed by atoms with van der Waals surface area (Å²) in [6, 6.07) is 6.15. The molecule has 3 unspecified atom stereocenters. The molecule has 1 aliphatic heterocycles. The minimum atomic E-state index is -0.551. The molecule has 2 aliphatic rings. The monoisotopic (exact) mass is 427 g/mol. The van der Waals surface area contributed by atoms with Crippen LogP contribution >= 0.6 is 0 Å². The highest BCUT2D eigenvalue weighted by atomic mass is 16.3. The average Bonchev–Trinajstić information content (AvgIpc) is 3.20. The molecule has 1 amide bonds. The molecule has 31 heavy (non-hydrogen) atoms. The van der Waals surface area contributed by atoms with E-state index in [0.717, 1.165) is 38.6 Å². The first-order chi connectivity index (χ1) is 15.0. The minimum absolute atomic E-state index is 0.0113. The van der Waals surface area contributed by atoms with E-state index >= 15 is 0 Å². The van der Waals surface area contributed by atoms with E-state index in [1.54, 1.807) is 25.4 Å². The van der Waals surface area contributed by atoms with Gasteiger partial charge in [-0.1, -0.05) is 0 Å². The molecule has 2 fully saturated rings. The fourth-order valence-electron chi connectivity index (χ4n) is 4.60. The maximum atomic E-state index is 12.6. The Morgan fingerprint density at radius 1 is 1.16 bits per heavy atom. The molecule has 1 saturated carbocycles. The van der Waals surface area contributed by atoms with Crippen LogP contribution in [0.15, 0.2) is 40.1 Å². The van der Waals surface area contributed by atoms with Crippen LogP contribution in [-0.4, -0.2) is 50.6 Å². The molecule has 9 heteroatoms. The molecule has 0 aromatic carbocycles. The largest absolute Gasteiger partial charge is 0.391 e. The van der Waals surface area contributed by atoms with Crippen LogP contribution in [0.2, 0.25) is 0 Å². The van der Waals surface area contributed by atoms with Gasteiger partial charge in [-0.15, -0.1) is 0 Å². The molecule has 9 nitrogen and oxygen atoms in total. The number of aromatic nitrogens is 3. The maximum absolute atomic E-state index is 12.6. The van der Waals surface area contributed by atoms with Crippen molar-refractivity contribution >= 4 is 11.7 Å². The predicted octanol–water partition coefficient (Wildman–Crippen LogP) is 0.817. The Hall–Kier alpha value is -2.94. The smallest absolute Gasteiger partial charge is 0.267 e. The van der Waals surface area contributed by atoms with E-state index in [2.05, 4.69) is 15.3 Å². The molecule has 1 saturated heterocycles. The third-order valence-corrected chi connectivity index (χ3v) is 6.36. The number of nitrogens with zero attached hydrogens (tertiary/aromatic N) is 4. The van der Waals surface area contributed by atoms with Crippen LogP contribution in [-0.2, 0) is 7.05 Å². The van der Waals surface area contributed by atoms with Crippen LogP contribution in [0, 0.1) is 0 Å². The molecule has 2 N–H and O–H groups in total. The minimum Gasteiger partial charge on any atom is -0.391 e. The lowest BCUT2D eigenvalue weighted by atomic mass is 10.0. The highest BCUT2D eigenvalue weighted by Crippen LogP contribution is 2.29. The van der Waals surface area contributed by atoms with Crippen molar-refractivity contribution in [2.24, 2.45) is 7.05 Å². The zero-order valence-electron chi connectivity index (χ0n) is 17.7. The number of carbonyl (C=O) groups is 1. The third kappa shape index (κ3) is 4.41. The summed E-state index contributed by atoms with van der Waals surface area (Å²) in [5, 5.41) is 17.7. The van der Waals surface area contributed by atoms with Crippen LogP contribution in [0.3, 0.4) is 0 Å². The van der Waals surface area contributed by atoms with E-state index in [1.807, 2.05) is 0 Å². The summed E-state index contributed by atoms with van der Waals surface area (Å²) in [6.45, 7) is 1.15. The van der Waals surface area contributed by atoms with Gasteiger partial charge in [0.2, 0.25) is 0 Å². The SMILES string of the molecule is Cn1cccc(C(=O)NCC2CCCCN2c2ccc(=O)n(C3CCCC3O)n2)c1=O. The molecule has 2 aromatic heterocycles. The second-order valence-electron chi connectivity index (χ2n) is 8.43. The zero-order valence-corrected chi connectivity index (χ0v) is 17.7. The fraction of sp³-hybridized carbons (Fsp3) is 0.545. The Kier molecular flexibility index (Phi) is 6.22. The summed E-state index contributed by atoms with van der Waals surface area (Å²) in [6.07, 6.45) is 6.27. The van der Waals surface area contributed by atoms with Gasteiger partial charge in [-0.2, -0.15) is 5.10 Å². The van der Waals surface area contributed by atoms with Gasteiger partial charge in [0, 0.05) is 38.4 Å². The average molecular weight is 428 g/mol. The van der Waals surface area contributed by atoms with Crippen LogP contribution in [0.25, 0.3) is 0 Å². The number of amides is 1. The van der Waals surface area contributed by atoms with E-state index in [9.17, 15) is 19.5 Å². The van der Waals surface area contributed by atoms with Crippen LogP contribution in [0.4, 0.5) is 5.82 Å². The zero-order chi connectivity index (χ0) is 22.0. The standard InChI is InChI=1S/C22H29N5O4/c1-25-12-5-7-16(22(25)31)21(30)23-14-15-6-2-3-13-26(15)19-10-11-20(29)27(24-19)17-8-4-9-18(17)28/h5,7,10-12,15,17-18,28H,2-4,6,8-9,13-14H2,1H3,(H,23,30). The number of aliphatic hydroxyl groups is 1. The Labute approximate surface area is 180 Å². The van der Waals surface area contributed by atoms with Gasteiger partial charge in [0.05, 0.1) is 12.1 Å². The van der Waals surface area contributed by atoms with Gasteiger partial charge in [0.1, 0.15) is 11.4 Å². The maximum Gasteiger partial charge on any atom is 0.267 e. The first kappa shape index (κ1) is 21.3. The molecule has 3 heterocycles. The van der Waals surface area contributed by atoms with Gasteiger partial charge in [-0.25, -0.2) is 4.68 Å². The van der Waals surface area contributed by atoms with Crippen LogP contribution in [0.1, 0.15) is 54.9 Å². The third-order valence-electron chi connectivity index (χ3n) is 6.36. The molecule has 2 aromatic rings. The van der Waals surface area contributed by atoms with E-state index < -0.39 is 12.0 Å². The Morgan fingerprint density at radius 3 is 2.77 bits per heavy atom. The predicted molar refractivity (Wildman–Crippen MR) is 116 cm³/mol. The second-order valence-corrected chi connectivity index (χ2v) is 8.43. The molecule has 3 atom stereocenters. The van der Waals surface area contributed by atoms with Crippen molar-refractivity contribution in [3.63, 3.8) is 0 Å². The number of hydrogen-bond acceptors (Lipinski definition) is 6. The molecule has 4 rings (SSSR count). The number of carbonyl (C=O) groups excluding carboxylic acids is 1. The quantitative estimate of drug-likeness (QED) is 0.731. The highest BCUT2D eigenvalue weighted by Gasteiger charge is 2.30. The number of pyridine rings is 1. The van der Waals surface area contributed by atoms with Gasteiger partial charge >= 0.3 is 0 Å². The molecular weight excluding hydrogens is 398 g/mol. The molecule has 0 bridgehead atoms. The lowest BCUT2D eigenvalue weighted by Crippen LogP contribution is -2.48. The van der Waals surface area contributed by atoms with E-state index in [1.165, 1.54) is 21.4 Å². The van der Waals surface area contributed by atoms with Crippen molar-refractivity contribution < 1.29 is 9.90 Å². The number of anilines is 1. The van der Waals surface area contributed by atoms with Crippen molar-refractivity contribution in [2.45, 2.75) is 56.7 Å². The van der Waals surface area contributed by atoms with Crippen molar-refractivity contribution in [2.75, 3.05) is 18.0 Å². The lowest BCUT2D eigenvalue weighted by molar-refractivity contribution is 0.0947. The van der Waals surface area contributed by atoms with Crippen molar-refractivity contribution in [1.29, 1.82) is 0 Å². The van der Waals surface area contributed by atoms with Crippen molar-refractivity contribution in [3.8, 4) is 0 Å². The fourth-order valence-corrected chi connectivity index (χ4v) is 4.60.